The largest absolute Gasteiger partial charge is 0.457 e. The predicted octanol–water partition coefficient (Wildman–Crippen LogP) is 6.25. The summed E-state index contributed by atoms with van der Waals surface area (Å²) < 4.78 is 11.3. The molecule has 0 spiro atoms. The maximum atomic E-state index is 12.7. The first-order valence-corrected chi connectivity index (χ1v) is 9.67. The second-order valence-electron chi connectivity index (χ2n) is 7.52. The van der Waals surface area contributed by atoms with Crippen LogP contribution < -0.4 is 4.74 Å². The summed E-state index contributed by atoms with van der Waals surface area (Å²) in [7, 11) is 0. The molecule has 0 aliphatic heterocycles. The van der Waals surface area contributed by atoms with Crippen molar-refractivity contribution in [1.82, 2.24) is 0 Å². The molecular formula is C24H22ClNO3. The molecule has 0 N–H and O–H groups in total. The van der Waals surface area contributed by atoms with Gasteiger partial charge in [0.2, 0.25) is 6.10 Å². The Labute approximate surface area is 176 Å². The highest BCUT2D eigenvalue weighted by molar-refractivity contribution is 6.30. The number of allylic oxidation sites excluding steroid dienone is 3. The first-order valence-electron chi connectivity index (χ1n) is 9.29. The molecule has 1 fully saturated rings. The summed E-state index contributed by atoms with van der Waals surface area (Å²) in [6, 6.07) is 16.0. The summed E-state index contributed by atoms with van der Waals surface area (Å²) in [6.07, 6.45) is 4.46. The van der Waals surface area contributed by atoms with Crippen LogP contribution in [0.5, 0.6) is 11.5 Å². The molecule has 2 aromatic rings. The first-order chi connectivity index (χ1) is 13.9. The summed E-state index contributed by atoms with van der Waals surface area (Å²) in [6.45, 7) is 7.68. The van der Waals surface area contributed by atoms with E-state index in [0.717, 1.165) is 0 Å². The third-order valence-electron chi connectivity index (χ3n) is 5.16. The molecule has 1 saturated carbocycles. The molecule has 2 aromatic carbocycles. The summed E-state index contributed by atoms with van der Waals surface area (Å²) in [5.74, 6) is 0.531. The predicted molar refractivity (Wildman–Crippen MR) is 113 cm³/mol. The van der Waals surface area contributed by atoms with E-state index in [1.165, 1.54) is 0 Å². The van der Waals surface area contributed by atoms with Gasteiger partial charge in [-0.2, -0.15) is 5.26 Å². The van der Waals surface area contributed by atoms with Crippen molar-refractivity contribution in [3.8, 4) is 17.6 Å². The van der Waals surface area contributed by atoms with Crippen molar-refractivity contribution < 1.29 is 14.3 Å². The lowest BCUT2D eigenvalue weighted by molar-refractivity contribution is -0.149. The minimum absolute atomic E-state index is 0.0739. The molecule has 0 aromatic heterocycles. The molecule has 5 heteroatoms. The lowest BCUT2D eigenvalue weighted by Crippen LogP contribution is -2.14. The summed E-state index contributed by atoms with van der Waals surface area (Å²) in [5, 5.41) is 10.1. The number of esters is 1. The van der Waals surface area contributed by atoms with E-state index in [-0.39, 0.29) is 23.2 Å². The Morgan fingerprint density at radius 1 is 1.24 bits per heavy atom. The van der Waals surface area contributed by atoms with Gasteiger partial charge in [-0.05, 0) is 41.7 Å². The summed E-state index contributed by atoms with van der Waals surface area (Å²) in [4.78, 5) is 12.7. The van der Waals surface area contributed by atoms with Gasteiger partial charge >= 0.3 is 5.97 Å². The van der Waals surface area contributed by atoms with Crippen LogP contribution in [0.1, 0.15) is 25.5 Å². The molecule has 1 aliphatic carbocycles. The molecule has 1 aliphatic rings. The Hall–Kier alpha value is -3.03. The van der Waals surface area contributed by atoms with Crippen LogP contribution >= 0.6 is 11.6 Å². The summed E-state index contributed by atoms with van der Waals surface area (Å²) >= 11 is 5.98. The first kappa shape index (κ1) is 20.7. The zero-order chi connectivity index (χ0) is 21.0. The highest BCUT2D eigenvalue weighted by atomic mass is 35.5. The SMILES string of the molecule is C=CC=CC1C(C(=O)OC(C#N)c2cccc(Oc3cccc(Cl)c3)c2)C1(C)C. The van der Waals surface area contributed by atoms with E-state index in [9.17, 15) is 10.1 Å². The topological polar surface area (TPSA) is 59.3 Å². The number of hydrogen-bond donors (Lipinski definition) is 0. The van der Waals surface area contributed by atoms with Gasteiger partial charge in [-0.15, -0.1) is 0 Å². The van der Waals surface area contributed by atoms with E-state index >= 15 is 0 Å². The van der Waals surface area contributed by atoms with Crippen molar-refractivity contribution in [2.75, 3.05) is 0 Å². The number of ether oxygens (including phenoxy) is 2. The molecule has 3 unspecified atom stereocenters. The van der Waals surface area contributed by atoms with Crippen molar-refractivity contribution >= 4 is 17.6 Å². The molecule has 3 rings (SSSR count). The quantitative estimate of drug-likeness (QED) is 0.401. The van der Waals surface area contributed by atoms with E-state index in [4.69, 9.17) is 21.1 Å². The van der Waals surface area contributed by atoms with Crippen LogP contribution in [0.3, 0.4) is 0 Å². The molecule has 148 valence electrons. The van der Waals surface area contributed by atoms with Crippen molar-refractivity contribution in [1.29, 1.82) is 5.26 Å². The van der Waals surface area contributed by atoms with Gasteiger partial charge in [-0.1, -0.05) is 68.5 Å². The van der Waals surface area contributed by atoms with Gasteiger partial charge in [-0.25, -0.2) is 0 Å². The molecule has 0 bridgehead atoms. The fraction of sp³-hybridized carbons (Fsp3) is 0.250. The molecule has 0 amide bonds. The van der Waals surface area contributed by atoms with Crippen LogP contribution in [0.25, 0.3) is 0 Å². The van der Waals surface area contributed by atoms with Gasteiger partial charge in [0, 0.05) is 10.6 Å². The fourth-order valence-electron chi connectivity index (χ4n) is 3.45. The van der Waals surface area contributed by atoms with Gasteiger partial charge in [0.1, 0.15) is 17.6 Å². The average Bonchev–Trinajstić information content (AvgIpc) is 3.25. The van der Waals surface area contributed by atoms with Gasteiger partial charge in [0.05, 0.1) is 5.92 Å². The van der Waals surface area contributed by atoms with Crippen LogP contribution in [0.4, 0.5) is 0 Å². The molecule has 0 saturated heterocycles. The van der Waals surface area contributed by atoms with Gasteiger partial charge in [0.25, 0.3) is 0 Å². The van der Waals surface area contributed by atoms with Crippen molar-refractivity contribution in [3.05, 3.63) is 83.9 Å². The van der Waals surface area contributed by atoms with Crippen molar-refractivity contribution in [2.24, 2.45) is 17.3 Å². The Balaban J connectivity index is 1.72. The highest BCUT2D eigenvalue weighted by Gasteiger charge is 2.61. The van der Waals surface area contributed by atoms with Crippen molar-refractivity contribution in [2.45, 2.75) is 20.0 Å². The minimum atomic E-state index is -1.01. The zero-order valence-corrected chi connectivity index (χ0v) is 17.1. The number of nitriles is 1. The average molecular weight is 408 g/mol. The van der Waals surface area contributed by atoms with Crippen LogP contribution in [0, 0.1) is 28.6 Å². The molecule has 4 nitrogen and oxygen atoms in total. The minimum Gasteiger partial charge on any atom is -0.457 e. The number of carbonyl (C=O) groups is 1. The van der Waals surface area contributed by atoms with Gasteiger partial charge < -0.3 is 9.47 Å². The number of benzene rings is 2. The molecule has 0 heterocycles. The fourth-order valence-corrected chi connectivity index (χ4v) is 3.63. The maximum Gasteiger partial charge on any atom is 0.311 e. The smallest absolute Gasteiger partial charge is 0.311 e. The number of hydrogen-bond acceptors (Lipinski definition) is 4. The lowest BCUT2D eigenvalue weighted by Gasteiger charge is -2.13. The standard InChI is InChI=1S/C24H22ClNO3/c1-4-5-12-20-22(24(20,2)3)23(27)29-21(15-26)16-8-6-10-18(13-16)28-19-11-7-9-17(25)14-19/h4-14,20-22H,1H2,2-3H3. The lowest BCUT2D eigenvalue weighted by atomic mass is 10.1. The Morgan fingerprint density at radius 3 is 2.59 bits per heavy atom. The molecular weight excluding hydrogens is 386 g/mol. The maximum absolute atomic E-state index is 12.7. The van der Waals surface area contributed by atoms with Gasteiger partial charge in [0.15, 0.2) is 0 Å². The highest BCUT2D eigenvalue weighted by Crippen LogP contribution is 2.59. The van der Waals surface area contributed by atoms with E-state index in [2.05, 4.69) is 12.6 Å². The zero-order valence-electron chi connectivity index (χ0n) is 16.3. The monoisotopic (exact) mass is 407 g/mol. The second-order valence-corrected chi connectivity index (χ2v) is 7.96. The Kier molecular flexibility index (Phi) is 6.10. The third kappa shape index (κ3) is 4.70. The van der Waals surface area contributed by atoms with Crippen LogP contribution in [-0.4, -0.2) is 5.97 Å². The molecule has 29 heavy (non-hydrogen) atoms. The van der Waals surface area contributed by atoms with E-state index in [1.807, 2.05) is 26.0 Å². The Bertz CT molecular complexity index is 990. The molecule has 3 atom stereocenters. The van der Waals surface area contributed by atoms with E-state index < -0.39 is 6.10 Å². The van der Waals surface area contributed by atoms with Crippen LogP contribution in [-0.2, 0) is 9.53 Å². The third-order valence-corrected chi connectivity index (χ3v) is 5.40. The van der Waals surface area contributed by atoms with Crippen molar-refractivity contribution in [3.63, 3.8) is 0 Å². The van der Waals surface area contributed by atoms with Gasteiger partial charge in [-0.3, -0.25) is 4.79 Å². The number of carbonyl (C=O) groups excluding carboxylic acids is 1. The van der Waals surface area contributed by atoms with Crippen LogP contribution in [0.2, 0.25) is 5.02 Å². The Morgan fingerprint density at radius 2 is 1.93 bits per heavy atom. The molecule has 0 radical (unpaired) electrons. The number of rotatable bonds is 7. The summed E-state index contributed by atoms with van der Waals surface area (Å²) in [5.41, 5.74) is 0.353. The van der Waals surface area contributed by atoms with E-state index in [0.29, 0.717) is 22.1 Å². The second kappa shape index (κ2) is 8.55. The number of halogens is 1. The van der Waals surface area contributed by atoms with Crippen LogP contribution in [0.15, 0.2) is 73.3 Å². The number of nitrogens with zero attached hydrogens (tertiary/aromatic N) is 1. The normalized spacial score (nSPS) is 20.5. The van der Waals surface area contributed by atoms with E-state index in [1.54, 1.807) is 54.6 Å².